The number of hydrogen-bond acceptors (Lipinski definition) is 10. The molecule has 3 N–H and O–H groups in total. The molecular formula is C25H32ClN5O5SSi. The number of nitrogens with one attached hydrogen (secondary N) is 1. The van der Waals surface area contributed by atoms with Crippen LogP contribution in [0.15, 0.2) is 40.8 Å². The van der Waals surface area contributed by atoms with Crippen LogP contribution in [0.2, 0.25) is 23.2 Å². The number of nitrogens with two attached hydrogens (primary N) is 1. The van der Waals surface area contributed by atoms with Gasteiger partial charge in [0, 0.05) is 11.3 Å². The fourth-order valence-electron chi connectivity index (χ4n) is 3.37. The maximum atomic E-state index is 7.34. The van der Waals surface area contributed by atoms with Gasteiger partial charge in [-0.1, -0.05) is 38.4 Å². The highest BCUT2D eigenvalue weighted by molar-refractivity contribution is 7.90. The van der Waals surface area contributed by atoms with Crippen LogP contribution in [0, 0.1) is 13.5 Å². The molecule has 204 valence electrons. The van der Waals surface area contributed by atoms with E-state index in [0.29, 0.717) is 46.1 Å². The summed E-state index contributed by atoms with van der Waals surface area (Å²) < 4.78 is 22.5. The maximum absolute atomic E-state index is 7.34. The average molecular weight is 578 g/mol. The molecule has 0 aliphatic carbocycles. The second-order valence-corrected chi connectivity index (χ2v) is 15.7. The molecule has 0 unspecified atom stereocenters. The van der Waals surface area contributed by atoms with E-state index in [4.69, 9.17) is 37.1 Å². The zero-order valence-corrected chi connectivity index (χ0v) is 24.9. The van der Waals surface area contributed by atoms with E-state index in [0.717, 1.165) is 11.3 Å². The van der Waals surface area contributed by atoms with Crippen LogP contribution < -0.4 is 15.4 Å². The summed E-state index contributed by atoms with van der Waals surface area (Å²) in [6, 6.07) is 10.0. The first-order valence-electron chi connectivity index (χ1n) is 11.8. The Bertz CT molecular complexity index is 1280. The lowest BCUT2D eigenvalue weighted by molar-refractivity contribution is -0.199. The van der Waals surface area contributed by atoms with Crippen molar-refractivity contribution < 1.29 is 22.3 Å². The summed E-state index contributed by atoms with van der Waals surface area (Å²) in [7, 11) is -2.14. The SMILES string of the molecule is [C-]#[N+]c1ccc(N[C@@H](c2nnc(-c3ccc(OSOON)cc3)o2)[C@H](C)O[Si](C)(C)C(C)(C)C)c(C)c1Cl. The van der Waals surface area contributed by atoms with Crippen molar-refractivity contribution in [2.75, 3.05) is 5.32 Å². The summed E-state index contributed by atoms with van der Waals surface area (Å²) in [5.41, 5.74) is 2.60. The predicted molar refractivity (Wildman–Crippen MR) is 151 cm³/mol. The molecule has 2 aromatic carbocycles. The number of rotatable bonds is 11. The van der Waals surface area contributed by atoms with Gasteiger partial charge in [0.15, 0.2) is 8.32 Å². The molecule has 0 aliphatic heterocycles. The smallest absolute Gasteiger partial charge is 0.260 e. The number of nitrogens with zero attached hydrogens (tertiary/aromatic N) is 3. The first kappa shape index (κ1) is 29.9. The lowest BCUT2D eigenvalue weighted by Crippen LogP contribution is -2.45. The van der Waals surface area contributed by atoms with Crippen LogP contribution in [-0.2, 0) is 13.7 Å². The Labute approximate surface area is 233 Å². The lowest BCUT2D eigenvalue weighted by atomic mass is 10.1. The maximum Gasteiger partial charge on any atom is 0.260 e. The summed E-state index contributed by atoms with van der Waals surface area (Å²) in [6.07, 6.45) is -0.319. The van der Waals surface area contributed by atoms with Gasteiger partial charge in [-0.2, -0.15) is 5.90 Å². The van der Waals surface area contributed by atoms with Crippen molar-refractivity contribution >= 4 is 43.6 Å². The zero-order valence-electron chi connectivity index (χ0n) is 22.4. The van der Waals surface area contributed by atoms with Crippen LogP contribution in [0.1, 0.15) is 45.2 Å². The molecule has 1 aromatic heterocycles. The second-order valence-electron chi connectivity index (χ2n) is 10.2. The molecular weight excluding hydrogens is 546 g/mol. The van der Waals surface area contributed by atoms with E-state index in [-0.39, 0.29) is 11.1 Å². The lowest BCUT2D eigenvalue weighted by Gasteiger charge is -2.40. The van der Waals surface area contributed by atoms with Gasteiger partial charge < -0.3 is 18.3 Å². The predicted octanol–water partition coefficient (Wildman–Crippen LogP) is 7.58. The van der Waals surface area contributed by atoms with Crippen molar-refractivity contribution in [2.45, 2.75) is 64.9 Å². The van der Waals surface area contributed by atoms with Crippen molar-refractivity contribution in [3.05, 3.63) is 64.3 Å². The van der Waals surface area contributed by atoms with Crippen molar-refractivity contribution in [2.24, 2.45) is 5.90 Å². The Balaban J connectivity index is 1.93. The third-order valence-corrected chi connectivity index (χ3v) is 12.0. The highest BCUT2D eigenvalue weighted by atomic mass is 35.5. The molecule has 38 heavy (non-hydrogen) atoms. The highest BCUT2D eigenvalue weighted by Crippen LogP contribution is 2.40. The molecule has 3 aromatic rings. The molecule has 0 saturated heterocycles. The van der Waals surface area contributed by atoms with Gasteiger partial charge in [0.25, 0.3) is 12.3 Å². The van der Waals surface area contributed by atoms with E-state index >= 15 is 0 Å². The second kappa shape index (κ2) is 12.5. The van der Waals surface area contributed by atoms with E-state index in [9.17, 15) is 0 Å². The van der Waals surface area contributed by atoms with Gasteiger partial charge in [0.1, 0.15) is 11.8 Å². The van der Waals surface area contributed by atoms with Gasteiger partial charge in [0.2, 0.25) is 17.5 Å². The summed E-state index contributed by atoms with van der Waals surface area (Å²) >= 11 is 7.04. The van der Waals surface area contributed by atoms with E-state index in [1.807, 2.05) is 19.9 Å². The third-order valence-electron chi connectivity index (χ3n) is 6.56. The molecule has 0 radical (unpaired) electrons. The van der Waals surface area contributed by atoms with Crippen LogP contribution in [0.4, 0.5) is 11.4 Å². The topological polar surface area (TPSA) is 118 Å². The van der Waals surface area contributed by atoms with E-state index in [1.165, 1.54) is 0 Å². The fraction of sp³-hybridized carbons (Fsp3) is 0.400. The highest BCUT2D eigenvalue weighted by Gasteiger charge is 2.41. The normalized spacial score (nSPS) is 13.6. The van der Waals surface area contributed by atoms with Gasteiger partial charge >= 0.3 is 0 Å². The standard InChI is InChI=1S/C25H32ClN5O5SSi/c1-15-19(13-14-20(28-6)21(15)26)29-22(16(2)34-38(7,8)25(3,4)5)24-31-30-23(32-24)17-9-11-18(12-10-17)33-37-36-35-27/h9-14,16,22,29H,27H2,1-5,7-8H3/t16-,22+/m0/s1. The van der Waals surface area contributed by atoms with Crippen molar-refractivity contribution in [3.8, 4) is 17.2 Å². The fourth-order valence-corrected chi connectivity index (χ4v) is 5.25. The summed E-state index contributed by atoms with van der Waals surface area (Å²) in [6.45, 7) is 22.1. The molecule has 0 aliphatic rings. The number of anilines is 1. The molecule has 0 spiro atoms. The Kier molecular flexibility index (Phi) is 9.83. The van der Waals surface area contributed by atoms with E-state index in [1.54, 1.807) is 30.3 Å². The number of aromatic nitrogens is 2. The molecule has 0 amide bonds. The van der Waals surface area contributed by atoms with Crippen molar-refractivity contribution in [1.29, 1.82) is 0 Å². The Hall–Kier alpha value is -2.63. The summed E-state index contributed by atoms with van der Waals surface area (Å²) in [5.74, 6) is 6.01. The Morgan fingerprint density at radius 2 is 1.84 bits per heavy atom. The molecule has 3 rings (SSSR count). The van der Waals surface area contributed by atoms with Crippen molar-refractivity contribution in [1.82, 2.24) is 10.2 Å². The van der Waals surface area contributed by atoms with Crippen LogP contribution in [0.25, 0.3) is 16.3 Å². The van der Waals surface area contributed by atoms with Crippen LogP contribution in [0.3, 0.4) is 0 Å². The minimum absolute atomic E-state index is 0.00569. The van der Waals surface area contributed by atoms with Gasteiger partial charge in [0.05, 0.1) is 17.7 Å². The zero-order chi connectivity index (χ0) is 28.1. The van der Waals surface area contributed by atoms with Crippen LogP contribution in [-0.4, -0.2) is 24.6 Å². The molecule has 10 nitrogen and oxygen atoms in total. The first-order valence-corrected chi connectivity index (χ1v) is 15.7. The average Bonchev–Trinajstić information content (AvgIpc) is 3.34. The Morgan fingerprint density at radius 1 is 1.16 bits per heavy atom. The summed E-state index contributed by atoms with van der Waals surface area (Å²) in [5, 5.41) is 12.5. The number of halogens is 1. The largest absolute Gasteiger partial charge is 0.418 e. The molecule has 13 heteroatoms. The van der Waals surface area contributed by atoms with E-state index in [2.05, 4.69) is 63.5 Å². The Morgan fingerprint density at radius 3 is 2.45 bits per heavy atom. The van der Waals surface area contributed by atoms with Gasteiger partial charge in [-0.15, -0.1) is 19.5 Å². The quantitative estimate of drug-likeness (QED) is 0.0589. The molecule has 0 saturated carbocycles. The summed E-state index contributed by atoms with van der Waals surface area (Å²) in [4.78, 5) is 7.47. The monoisotopic (exact) mass is 577 g/mol. The molecule has 0 bridgehead atoms. The van der Waals surface area contributed by atoms with Gasteiger partial charge in [-0.3, -0.25) is 0 Å². The van der Waals surface area contributed by atoms with Gasteiger partial charge in [-0.05, 0) is 67.9 Å². The van der Waals surface area contributed by atoms with Gasteiger partial charge in [-0.25, -0.2) is 4.85 Å². The van der Waals surface area contributed by atoms with Crippen LogP contribution in [0.5, 0.6) is 5.75 Å². The minimum atomic E-state index is -2.14. The number of hydrogen-bond donors (Lipinski definition) is 2. The molecule has 2 atom stereocenters. The number of benzene rings is 2. The van der Waals surface area contributed by atoms with E-state index < -0.39 is 14.4 Å². The van der Waals surface area contributed by atoms with Crippen molar-refractivity contribution in [3.63, 3.8) is 0 Å². The first-order chi connectivity index (χ1) is 17.9. The molecule has 1 heterocycles. The molecule has 0 fully saturated rings. The van der Waals surface area contributed by atoms with Crippen LogP contribution >= 0.6 is 23.9 Å². The minimum Gasteiger partial charge on any atom is -0.418 e. The third kappa shape index (κ3) is 7.06.